The van der Waals surface area contributed by atoms with Gasteiger partial charge in [0.25, 0.3) is 0 Å². The molecule has 4 N–H and O–H groups in total. The first-order chi connectivity index (χ1) is 13.5. The van der Waals surface area contributed by atoms with Gasteiger partial charge in [-0.15, -0.1) is 0 Å². The summed E-state index contributed by atoms with van der Waals surface area (Å²) in [7, 11) is 0. The maximum atomic E-state index is 12.2. The topological polar surface area (TPSA) is 111 Å². The van der Waals surface area contributed by atoms with Crippen LogP contribution in [0.25, 0.3) is 11.0 Å². The number of anilines is 2. The normalized spacial score (nSPS) is 18.9. The lowest BCUT2D eigenvalue weighted by Crippen LogP contribution is -2.43. The van der Waals surface area contributed by atoms with E-state index < -0.39 is 0 Å². The lowest BCUT2D eigenvalue weighted by molar-refractivity contribution is -0.117. The summed E-state index contributed by atoms with van der Waals surface area (Å²) in [4.78, 5) is 22.0. The molecule has 2 fully saturated rings. The van der Waals surface area contributed by atoms with E-state index >= 15 is 0 Å². The zero-order valence-electron chi connectivity index (χ0n) is 16.2. The molecule has 3 heterocycles. The monoisotopic (exact) mass is 446 g/mol. The molecule has 2 aliphatic rings. The third-order valence-corrected chi connectivity index (χ3v) is 5.55. The fourth-order valence-electron chi connectivity index (χ4n) is 3.37. The number of nitriles is 1. The molecule has 4 rings (SSSR count). The molecule has 8 heteroatoms. The Morgan fingerprint density at radius 3 is 2.89 bits per heavy atom. The number of hydrogen-bond acceptors (Lipinski definition) is 5. The number of pyridine rings is 1. The Hall–Kier alpha value is -2.11. The largest absolute Gasteiger partial charge is 0.368 e. The molecule has 1 atom stereocenters. The average molecular weight is 447 g/mol. The molecule has 0 radical (unpaired) electrons. The minimum absolute atomic E-state index is 0.104. The summed E-state index contributed by atoms with van der Waals surface area (Å²) in [6, 6.07) is 2.20. The van der Waals surface area contributed by atoms with Crippen molar-refractivity contribution in [2.45, 2.75) is 51.5 Å². The molecule has 150 valence electrons. The quantitative estimate of drug-likeness (QED) is 0.658. The van der Waals surface area contributed by atoms with Crippen molar-refractivity contribution >= 4 is 44.2 Å². The van der Waals surface area contributed by atoms with Crippen LogP contribution in [0.3, 0.4) is 0 Å². The van der Waals surface area contributed by atoms with Crippen LogP contribution in [-0.2, 0) is 4.79 Å². The Morgan fingerprint density at radius 1 is 1.50 bits per heavy atom. The molecular weight excluding hydrogens is 420 g/mol. The molecule has 0 aromatic carbocycles. The van der Waals surface area contributed by atoms with E-state index in [-0.39, 0.29) is 17.9 Å². The van der Waals surface area contributed by atoms with Crippen molar-refractivity contribution in [2.75, 3.05) is 23.3 Å². The first-order valence-corrected chi connectivity index (χ1v) is 10.7. The second-order valence-corrected chi connectivity index (χ2v) is 8.25. The summed E-state index contributed by atoms with van der Waals surface area (Å²) in [5, 5.41) is 11.8. The Balaban J connectivity index is 0.000000403. The average Bonchev–Trinajstić information content (AvgIpc) is 3.46. The van der Waals surface area contributed by atoms with Crippen molar-refractivity contribution < 1.29 is 4.79 Å². The molecule has 0 bridgehead atoms. The molecule has 2 aromatic rings. The van der Waals surface area contributed by atoms with E-state index in [1.807, 2.05) is 19.2 Å². The fourth-order valence-corrected chi connectivity index (χ4v) is 3.92. The number of carbonyl (C=O) groups excluding carboxylic acids is 1. The van der Waals surface area contributed by atoms with Crippen LogP contribution in [0.15, 0.2) is 16.9 Å². The molecule has 1 saturated carbocycles. The Labute approximate surface area is 173 Å². The zero-order valence-corrected chi connectivity index (χ0v) is 17.8. The predicted octanol–water partition coefficient (Wildman–Crippen LogP) is 3.91. The smallest absolute Gasteiger partial charge is 0.227 e. The maximum absolute atomic E-state index is 12.2. The third-order valence-electron chi connectivity index (χ3n) is 4.97. The molecule has 7 nitrogen and oxygen atoms in total. The molecule has 28 heavy (non-hydrogen) atoms. The summed E-state index contributed by atoms with van der Waals surface area (Å²) < 4.78 is 0.931. The molecule has 1 aliphatic carbocycles. The molecular formula is C20H27BrN6O. The summed E-state index contributed by atoms with van der Waals surface area (Å²) in [5.74, 6) is 0.277. The summed E-state index contributed by atoms with van der Waals surface area (Å²) in [5.41, 5.74) is 8.81. The molecule has 1 saturated heterocycles. The maximum Gasteiger partial charge on any atom is 0.227 e. The lowest BCUT2D eigenvalue weighted by atomic mass is 10.1. The van der Waals surface area contributed by atoms with Gasteiger partial charge in [0.1, 0.15) is 5.65 Å². The van der Waals surface area contributed by atoms with Gasteiger partial charge in [-0.1, -0.05) is 6.92 Å². The van der Waals surface area contributed by atoms with Crippen molar-refractivity contribution in [3.05, 3.63) is 16.9 Å². The van der Waals surface area contributed by atoms with Crippen molar-refractivity contribution in [3.63, 3.8) is 0 Å². The minimum Gasteiger partial charge on any atom is -0.368 e. The van der Waals surface area contributed by atoms with Gasteiger partial charge in [-0.3, -0.25) is 4.79 Å². The number of hydrogen-bond donors (Lipinski definition) is 3. The van der Waals surface area contributed by atoms with Gasteiger partial charge in [0.05, 0.1) is 27.3 Å². The number of amides is 1. The van der Waals surface area contributed by atoms with E-state index in [0.29, 0.717) is 6.42 Å². The Kier molecular flexibility index (Phi) is 6.92. The predicted molar refractivity (Wildman–Crippen MR) is 115 cm³/mol. The first kappa shape index (κ1) is 20.6. The van der Waals surface area contributed by atoms with E-state index in [4.69, 9.17) is 11.0 Å². The van der Waals surface area contributed by atoms with Gasteiger partial charge in [-0.25, -0.2) is 4.98 Å². The van der Waals surface area contributed by atoms with Crippen molar-refractivity contribution in [3.8, 4) is 6.07 Å². The summed E-state index contributed by atoms with van der Waals surface area (Å²) >= 11 is 3.63. The second-order valence-electron chi connectivity index (χ2n) is 7.40. The van der Waals surface area contributed by atoms with Crippen LogP contribution in [0, 0.1) is 17.2 Å². The third kappa shape index (κ3) is 4.83. The number of rotatable bonds is 4. The first-order valence-electron chi connectivity index (χ1n) is 9.89. The molecule has 1 amide bonds. The Morgan fingerprint density at radius 2 is 2.29 bits per heavy atom. The zero-order chi connectivity index (χ0) is 20.1. The summed E-state index contributed by atoms with van der Waals surface area (Å²) in [6.07, 6.45) is 9.43. The highest BCUT2D eigenvalue weighted by Crippen LogP contribution is 2.39. The molecule has 2 aromatic heterocycles. The number of halogens is 1. The fraction of sp³-hybridized carbons (Fsp3) is 0.550. The van der Waals surface area contributed by atoms with E-state index in [9.17, 15) is 4.79 Å². The van der Waals surface area contributed by atoms with Crippen LogP contribution in [0.5, 0.6) is 0 Å². The van der Waals surface area contributed by atoms with Crippen molar-refractivity contribution in [2.24, 2.45) is 11.7 Å². The van der Waals surface area contributed by atoms with Gasteiger partial charge in [0.15, 0.2) is 0 Å². The number of unbranched alkanes of at least 4 members (excludes halogenated alkanes) is 1. The lowest BCUT2D eigenvalue weighted by Gasteiger charge is -2.33. The molecule has 0 spiro atoms. The highest BCUT2D eigenvalue weighted by atomic mass is 79.9. The van der Waals surface area contributed by atoms with E-state index in [2.05, 4.69) is 36.1 Å². The second kappa shape index (κ2) is 9.39. The van der Waals surface area contributed by atoms with Crippen molar-refractivity contribution in [1.29, 1.82) is 5.26 Å². The van der Waals surface area contributed by atoms with Gasteiger partial charge in [-0.05, 0) is 48.0 Å². The van der Waals surface area contributed by atoms with Crippen LogP contribution in [0.4, 0.5) is 11.4 Å². The van der Waals surface area contributed by atoms with Gasteiger partial charge >= 0.3 is 0 Å². The highest BCUT2D eigenvalue weighted by molar-refractivity contribution is 9.10. The van der Waals surface area contributed by atoms with E-state index in [0.717, 1.165) is 72.1 Å². The standard InChI is InChI=1S/C16H20BrN5O.C4H7N/c17-11-6-19-15-13(14(11)22-5-1-2-10(18)8-22)12(7-20-15)21-16(23)9-3-4-9;1-2-3-4-5/h6-7,9-10H,1-5,8,18H2,(H,19,20)(H,21,23);2-3H2,1H3/t10-;/m1./s1. The minimum atomic E-state index is 0.104. The number of piperidine rings is 1. The highest BCUT2D eigenvalue weighted by Gasteiger charge is 2.31. The van der Waals surface area contributed by atoms with Crippen molar-refractivity contribution in [1.82, 2.24) is 9.97 Å². The summed E-state index contributed by atoms with van der Waals surface area (Å²) in [6.45, 7) is 3.77. The number of fused-ring (bicyclic) bond motifs is 1. The van der Waals surface area contributed by atoms with Crippen LogP contribution in [0.2, 0.25) is 0 Å². The number of aromatic amines is 1. The number of H-pyrrole nitrogens is 1. The number of nitrogens with one attached hydrogen (secondary N) is 2. The van der Waals surface area contributed by atoms with E-state index in [1.54, 1.807) is 6.20 Å². The Bertz CT molecular complexity index is 869. The van der Waals surface area contributed by atoms with Crippen LogP contribution >= 0.6 is 15.9 Å². The number of carbonyl (C=O) groups is 1. The number of nitrogens with two attached hydrogens (primary N) is 1. The van der Waals surface area contributed by atoms with Gasteiger partial charge in [0.2, 0.25) is 5.91 Å². The van der Waals surface area contributed by atoms with E-state index in [1.165, 1.54) is 0 Å². The van der Waals surface area contributed by atoms with Crippen LogP contribution in [0.1, 0.15) is 45.4 Å². The van der Waals surface area contributed by atoms with Gasteiger partial charge < -0.3 is 20.9 Å². The molecule has 1 aliphatic heterocycles. The van der Waals surface area contributed by atoms with Crippen LogP contribution in [-0.4, -0.2) is 35.0 Å². The van der Waals surface area contributed by atoms with Gasteiger partial charge in [0, 0.05) is 43.9 Å². The van der Waals surface area contributed by atoms with Crippen LogP contribution < -0.4 is 16.0 Å². The van der Waals surface area contributed by atoms with Gasteiger partial charge in [-0.2, -0.15) is 5.26 Å². The number of nitrogens with zero attached hydrogens (tertiary/aromatic N) is 3. The SMILES string of the molecule is CCCC#N.N[C@@H]1CCCN(c2c(Br)cnc3[nH]cc(NC(=O)C4CC4)c23)C1. The molecule has 0 unspecified atom stereocenters. The number of aromatic nitrogens is 2.